The lowest BCUT2D eigenvalue weighted by Gasteiger charge is -2.14. The lowest BCUT2D eigenvalue weighted by molar-refractivity contribution is -0.0514. The largest absolute Gasteiger partial charge is 0.493 e. The zero-order valence-corrected chi connectivity index (χ0v) is 18.9. The molecule has 8 nitrogen and oxygen atoms in total. The highest BCUT2D eigenvalue weighted by atomic mass is 19.3. The maximum atomic E-state index is 12.5. The summed E-state index contributed by atoms with van der Waals surface area (Å²) < 4.78 is 45.7. The van der Waals surface area contributed by atoms with Crippen LogP contribution in [-0.2, 0) is 0 Å². The van der Waals surface area contributed by atoms with Gasteiger partial charge in [0.25, 0.3) is 11.8 Å². The minimum Gasteiger partial charge on any atom is -0.493 e. The van der Waals surface area contributed by atoms with E-state index in [1.54, 1.807) is 19.1 Å². The van der Waals surface area contributed by atoms with E-state index in [0.29, 0.717) is 24.0 Å². The first-order valence-electron chi connectivity index (χ1n) is 10.4. The van der Waals surface area contributed by atoms with Gasteiger partial charge in [-0.2, -0.15) is 8.78 Å². The number of ether oxygens (including phenoxy) is 4. The first-order chi connectivity index (χ1) is 15.7. The normalized spacial score (nSPS) is 10.7. The zero-order chi connectivity index (χ0) is 24.4. The molecule has 0 atom stereocenters. The Balaban J connectivity index is 2.03. The molecule has 0 radical (unpaired) electrons. The van der Waals surface area contributed by atoms with Gasteiger partial charge in [-0.3, -0.25) is 20.4 Å². The van der Waals surface area contributed by atoms with E-state index in [4.69, 9.17) is 14.2 Å². The fourth-order valence-corrected chi connectivity index (χ4v) is 2.70. The predicted octanol–water partition coefficient (Wildman–Crippen LogP) is 4.20. The van der Waals surface area contributed by atoms with Crippen LogP contribution in [0.2, 0.25) is 0 Å². The number of hydrogen-bond acceptors (Lipinski definition) is 6. The first-order valence-corrected chi connectivity index (χ1v) is 10.4. The van der Waals surface area contributed by atoms with Crippen LogP contribution in [0.1, 0.15) is 47.9 Å². The Hall–Kier alpha value is -3.56. The highest BCUT2D eigenvalue weighted by Crippen LogP contribution is 2.30. The van der Waals surface area contributed by atoms with Crippen molar-refractivity contribution in [3.8, 4) is 23.0 Å². The SMILES string of the molecule is CCOc1cc(C(=O)NNC(=O)c2ccc(OCCC(C)C)c(OC)c2)ccc1OC(F)F. The van der Waals surface area contributed by atoms with Crippen LogP contribution in [0.15, 0.2) is 36.4 Å². The summed E-state index contributed by atoms with van der Waals surface area (Å²) in [7, 11) is 1.46. The van der Waals surface area contributed by atoms with Crippen molar-refractivity contribution in [3.05, 3.63) is 47.5 Å². The molecule has 2 aromatic carbocycles. The van der Waals surface area contributed by atoms with Crippen molar-refractivity contribution in [2.45, 2.75) is 33.8 Å². The van der Waals surface area contributed by atoms with Crippen molar-refractivity contribution in [3.63, 3.8) is 0 Å². The van der Waals surface area contributed by atoms with Gasteiger partial charge in [-0.15, -0.1) is 0 Å². The second-order valence-corrected chi connectivity index (χ2v) is 7.28. The Labute approximate surface area is 191 Å². The molecule has 10 heteroatoms. The fraction of sp³-hybridized carbons (Fsp3) is 0.391. The van der Waals surface area contributed by atoms with Crippen LogP contribution in [-0.4, -0.2) is 38.7 Å². The number of alkyl halides is 2. The van der Waals surface area contributed by atoms with Crippen LogP contribution in [0.4, 0.5) is 8.78 Å². The fourth-order valence-electron chi connectivity index (χ4n) is 2.70. The van der Waals surface area contributed by atoms with E-state index in [9.17, 15) is 18.4 Å². The minimum absolute atomic E-state index is 0.0189. The molecule has 2 N–H and O–H groups in total. The molecule has 2 rings (SSSR count). The number of hydrazine groups is 1. The van der Waals surface area contributed by atoms with Crippen molar-refractivity contribution >= 4 is 11.8 Å². The van der Waals surface area contributed by atoms with Gasteiger partial charge < -0.3 is 18.9 Å². The lowest BCUT2D eigenvalue weighted by atomic mass is 10.1. The summed E-state index contributed by atoms with van der Waals surface area (Å²) in [6, 6.07) is 8.36. The van der Waals surface area contributed by atoms with Crippen LogP contribution in [0, 0.1) is 5.92 Å². The van der Waals surface area contributed by atoms with Crippen LogP contribution in [0.3, 0.4) is 0 Å². The van der Waals surface area contributed by atoms with Crippen LogP contribution >= 0.6 is 0 Å². The third-order valence-corrected chi connectivity index (χ3v) is 4.39. The molecule has 0 spiro atoms. The van der Waals surface area contributed by atoms with Gasteiger partial charge in [0.2, 0.25) is 0 Å². The summed E-state index contributed by atoms with van der Waals surface area (Å²) in [6.45, 7) is 3.50. The summed E-state index contributed by atoms with van der Waals surface area (Å²) in [5.41, 5.74) is 4.88. The molecule has 0 fully saturated rings. The average Bonchev–Trinajstić information content (AvgIpc) is 2.78. The number of benzene rings is 2. The number of hydrogen-bond donors (Lipinski definition) is 2. The molecule has 2 aromatic rings. The second-order valence-electron chi connectivity index (χ2n) is 7.28. The van der Waals surface area contributed by atoms with E-state index in [1.165, 1.54) is 31.4 Å². The van der Waals surface area contributed by atoms with Crippen LogP contribution < -0.4 is 29.8 Å². The molecule has 0 saturated carbocycles. The van der Waals surface area contributed by atoms with Gasteiger partial charge in [-0.1, -0.05) is 13.8 Å². The Morgan fingerprint density at radius 3 is 1.97 bits per heavy atom. The molecule has 0 aliphatic carbocycles. The molecule has 2 amide bonds. The highest BCUT2D eigenvalue weighted by molar-refractivity contribution is 5.99. The van der Waals surface area contributed by atoms with Gasteiger partial charge in [-0.05, 0) is 55.7 Å². The van der Waals surface area contributed by atoms with Gasteiger partial charge in [0.1, 0.15) is 0 Å². The topological polar surface area (TPSA) is 95.1 Å². The summed E-state index contributed by atoms with van der Waals surface area (Å²) in [4.78, 5) is 24.9. The molecule has 180 valence electrons. The quantitative estimate of drug-likeness (QED) is 0.482. The third kappa shape index (κ3) is 7.81. The highest BCUT2D eigenvalue weighted by Gasteiger charge is 2.16. The summed E-state index contributed by atoms with van der Waals surface area (Å²) >= 11 is 0. The number of methoxy groups -OCH3 is 1. The summed E-state index contributed by atoms with van der Waals surface area (Å²) in [5.74, 6) is -0.0966. The van der Waals surface area contributed by atoms with Crippen molar-refractivity contribution in [2.75, 3.05) is 20.3 Å². The molecule has 0 aromatic heterocycles. The number of carbonyl (C=O) groups excluding carboxylic acids is 2. The van der Waals surface area contributed by atoms with E-state index < -0.39 is 18.4 Å². The maximum Gasteiger partial charge on any atom is 0.387 e. The van der Waals surface area contributed by atoms with Gasteiger partial charge in [0.05, 0.1) is 20.3 Å². The standard InChI is InChI=1S/C23H28F2N2O6/c1-5-31-20-13-16(7-9-18(20)33-23(24)25)22(29)27-26-21(28)15-6-8-17(19(12-15)30-4)32-11-10-14(2)3/h6-9,12-14,23H,5,10-11H2,1-4H3,(H,26,28)(H,27,29). The Morgan fingerprint density at radius 1 is 0.879 bits per heavy atom. The van der Waals surface area contributed by atoms with Crippen molar-refractivity contribution in [1.82, 2.24) is 10.9 Å². The summed E-state index contributed by atoms with van der Waals surface area (Å²) in [5, 5.41) is 0. The number of nitrogens with one attached hydrogen (secondary N) is 2. The monoisotopic (exact) mass is 466 g/mol. The Kier molecular flexibility index (Phi) is 9.71. The third-order valence-electron chi connectivity index (χ3n) is 4.39. The first kappa shape index (κ1) is 25.7. The van der Waals surface area contributed by atoms with Crippen molar-refractivity contribution < 1.29 is 37.3 Å². The molecule has 33 heavy (non-hydrogen) atoms. The number of amides is 2. The van der Waals surface area contributed by atoms with E-state index in [-0.39, 0.29) is 29.2 Å². The Bertz CT molecular complexity index is 953. The maximum absolute atomic E-state index is 12.5. The van der Waals surface area contributed by atoms with Crippen LogP contribution in [0.25, 0.3) is 0 Å². The molecule has 0 heterocycles. The molecule has 0 unspecified atom stereocenters. The molecule has 0 aliphatic heterocycles. The predicted molar refractivity (Wildman–Crippen MR) is 117 cm³/mol. The van der Waals surface area contributed by atoms with Crippen molar-refractivity contribution in [2.24, 2.45) is 5.92 Å². The van der Waals surface area contributed by atoms with E-state index in [0.717, 1.165) is 6.42 Å². The molecule has 0 bridgehead atoms. The molecular formula is C23H28F2N2O6. The molecular weight excluding hydrogens is 438 g/mol. The number of halogens is 2. The average molecular weight is 466 g/mol. The number of rotatable bonds is 11. The molecule has 0 aliphatic rings. The lowest BCUT2D eigenvalue weighted by Crippen LogP contribution is -2.41. The second kappa shape index (κ2) is 12.5. The van der Waals surface area contributed by atoms with Gasteiger partial charge >= 0.3 is 6.61 Å². The van der Waals surface area contributed by atoms with Crippen molar-refractivity contribution in [1.29, 1.82) is 0 Å². The molecule has 0 saturated heterocycles. The van der Waals surface area contributed by atoms with Gasteiger partial charge in [0.15, 0.2) is 23.0 Å². The van der Waals surface area contributed by atoms with Crippen LogP contribution in [0.5, 0.6) is 23.0 Å². The van der Waals surface area contributed by atoms with Gasteiger partial charge in [0, 0.05) is 11.1 Å². The minimum atomic E-state index is -3.04. The van der Waals surface area contributed by atoms with E-state index in [1.807, 2.05) is 0 Å². The van der Waals surface area contributed by atoms with E-state index in [2.05, 4.69) is 29.4 Å². The van der Waals surface area contributed by atoms with E-state index >= 15 is 0 Å². The summed E-state index contributed by atoms with van der Waals surface area (Å²) in [6.07, 6.45) is 0.873. The zero-order valence-electron chi connectivity index (χ0n) is 18.9. The number of carbonyl (C=O) groups is 2. The smallest absolute Gasteiger partial charge is 0.387 e. The van der Waals surface area contributed by atoms with Gasteiger partial charge in [-0.25, -0.2) is 0 Å². The Morgan fingerprint density at radius 2 is 1.45 bits per heavy atom.